The first-order valence-electron chi connectivity index (χ1n) is 9.34. The van der Waals surface area contributed by atoms with Crippen LogP contribution >= 0.6 is 11.3 Å². The smallest absolute Gasteiger partial charge is 0.271 e. The number of amides is 1. The lowest BCUT2D eigenvalue weighted by molar-refractivity contribution is 0.00213. The van der Waals surface area contributed by atoms with Crippen LogP contribution in [0.25, 0.3) is 0 Å². The molecule has 3 aliphatic rings. The van der Waals surface area contributed by atoms with Crippen molar-refractivity contribution in [2.75, 3.05) is 19.6 Å². The normalized spacial score (nSPS) is 32.9. The van der Waals surface area contributed by atoms with Gasteiger partial charge in [0.05, 0.1) is 18.0 Å². The zero-order chi connectivity index (χ0) is 17.7. The third kappa shape index (κ3) is 2.61. The Labute approximate surface area is 157 Å². The predicted molar refractivity (Wildman–Crippen MR) is 99.1 cm³/mol. The van der Waals surface area contributed by atoms with Crippen LogP contribution in [0, 0.1) is 18.8 Å². The lowest BCUT2D eigenvalue weighted by atomic mass is 9.73. The van der Waals surface area contributed by atoms with E-state index in [0.717, 1.165) is 38.2 Å². The number of carbonyl (C=O) groups is 1. The van der Waals surface area contributed by atoms with E-state index in [0.29, 0.717) is 30.2 Å². The molecule has 4 atom stereocenters. The molecule has 2 aromatic heterocycles. The number of aromatic amines is 1. The third-order valence-corrected chi connectivity index (χ3v) is 7.12. The summed E-state index contributed by atoms with van der Waals surface area (Å²) < 4.78 is 6.48. The SMILES string of the molecule is Cc1[nH]cnc1C(=O)NC[C@H]1[C@H]2CN(Cc3ccsc3)C[C@]23CC[C@H]1O3. The number of carbonyl (C=O) groups excluding carboxylic acids is 1. The second-order valence-electron chi connectivity index (χ2n) is 7.92. The average Bonchev–Trinajstić information content (AvgIpc) is 3.40. The highest BCUT2D eigenvalue weighted by Gasteiger charge is 2.62. The minimum Gasteiger partial charge on any atom is -0.370 e. The number of likely N-dealkylation sites (tertiary alicyclic amines) is 1. The maximum Gasteiger partial charge on any atom is 0.271 e. The van der Waals surface area contributed by atoms with E-state index in [1.807, 2.05) is 6.92 Å². The van der Waals surface area contributed by atoms with Crippen molar-refractivity contribution in [2.45, 2.75) is 38.0 Å². The van der Waals surface area contributed by atoms with Crippen LogP contribution in [0.3, 0.4) is 0 Å². The van der Waals surface area contributed by atoms with E-state index in [4.69, 9.17) is 4.74 Å². The van der Waals surface area contributed by atoms with Crippen molar-refractivity contribution in [3.05, 3.63) is 40.1 Å². The number of imidazole rings is 1. The van der Waals surface area contributed by atoms with Crippen LogP contribution in [0.4, 0.5) is 0 Å². The second-order valence-corrected chi connectivity index (χ2v) is 8.70. The second kappa shape index (κ2) is 6.18. The highest BCUT2D eigenvalue weighted by atomic mass is 32.1. The number of H-pyrrole nitrogens is 1. The molecule has 7 heteroatoms. The van der Waals surface area contributed by atoms with Gasteiger partial charge in [-0.25, -0.2) is 4.98 Å². The Morgan fingerprint density at radius 3 is 3.27 bits per heavy atom. The lowest BCUT2D eigenvalue weighted by Gasteiger charge is -2.29. The molecule has 5 rings (SSSR count). The molecular formula is C19H24N4O2S. The maximum atomic E-state index is 12.4. The molecule has 2 aromatic rings. The number of aryl methyl sites for hydroxylation is 1. The summed E-state index contributed by atoms with van der Waals surface area (Å²) in [5, 5.41) is 7.48. The molecule has 138 valence electrons. The van der Waals surface area contributed by atoms with Gasteiger partial charge >= 0.3 is 0 Å². The molecule has 3 aliphatic heterocycles. The molecule has 3 fully saturated rings. The number of thiophene rings is 1. The van der Waals surface area contributed by atoms with Crippen molar-refractivity contribution in [3.8, 4) is 0 Å². The fourth-order valence-electron chi connectivity index (χ4n) is 5.20. The van der Waals surface area contributed by atoms with E-state index in [2.05, 4.69) is 37.0 Å². The topological polar surface area (TPSA) is 70.2 Å². The molecule has 0 saturated carbocycles. The Kier molecular flexibility index (Phi) is 3.92. The van der Waals surface area contributed by atoms with E-state index >= 15 is 0 Å². The highest BCUT2D eigenvalue weighted by molar-refractivity contribution is 7.07. The molecule has 6 nitrogen and oxygen atoms in total. The minimum absolute atomic E-state index is 0.0122. The van der Waals surface area contributed by atoms with E-state index in [9.17, 15) is 4.79 Å². The Balaban J connectivity index is 1.26. The summed E-state index contributed by atoms with van der Waals surface area (Å²) in [5.41, 5.74) is 2.71. The first-order valence-corrected chi connectivity index (χ1v) is 10.3. The number of rotatable bonds is 5. The largest absolute Gasteiger partial charge is 0.370 e. The van der Waals surface area contributed by atoms with Gasteiger partial charge in [0, 0.05) is 43.7 Å². The van der Waals surface area contributed by atoms with Crippen LogP contribution in [0.5, 0.6) is 0 Å². The average molecular weight is 372 g/mol. The van der Waals surface area contributed by atoms with E-state index in [1.54, 1.807) is 17.7 Å². The monoisotopic (exact) mass is 372 g/mol. The lowest BCUT2D eigenvalue weighted by Crippen LogP contribution is -2.42. The van der Waals surface area contributed by atoms with Crippen molar-refractivity contribution >= 4 is 17.2 Å². The van der Waals surface area contributed by atoms with Gasteiger partial charge < -0.3 is 15.0 Å². The molecule has 3 saturated heterocycles. The molecule has 0 radical (unpaired) electrons. The minimum atomic E-state index is -0.0892. The van der Waals surface area contributed by atoms with Crippen LogP contribution in [0.15, 0.2) is 23.2 Å². The molecule has 2 bridgehead atoms. The third-order valence-electron chi connectivity index (χ3n) is 6.38. The van der Waals surface area contributed by atoms with Crippen molar-refractivity contribution in [1.82, 2.24) is 20.2 Å². The number of hydrogen-bond donors (Lipinski definition) is 2. The maximum absolute atomic E-state index is 12.4. The van der Waals surface area contributed by atoms with Gasteiger partial charge in [-0.3, -0.25) is 9.69 Å². The summed E-state index contributed by atoms with van der Waals surface area (Å²) in [7, 11) is 0. The number of ether oxygens (including phenoxy) is 1. The Morgan fingerprint density at radius 1 is 1.58 bits per heavy atom. The number of hydrogen-bond acceptors (Lipinski definition) is 5. The highest BCUT2D eigenvalue weighted by Crippen LogP contribution is 2.54. The van der Waals surface area contributed by atoms with E-state index < -0.39 is 0 Å². The first kappa shape index (κ1) is 16.5. The summed E-state index contributed by atoms with van der Waals surface area (Å²) in [6.45, 7) is 5.63. The molecule has 0 aliphatic carbocycles. The van der Waals surface area contributed by atoms with Crippen LogP contribution in [-0.2, 0) is 11.3 Å². The Hall–Kier alpha value is -1.70. The molecule has 0 unspecified atom stereocenters. The summed E-state index contributed by atoms with van der Waals surface area (Å²) in [4.78, 5) is 22.0. The van der Waals surface area contributed by atoms with Gasteiger partial charge in [0.1, 0.15) is 5.69 Å². The fourth-order valence-corrected chi connectivity index (χ4v) is 5.86. The van der Waals surface area contributed by atoms with Crippen molar-refractivity contribution in [3.63, 3.8) is 0 Å². The molecule has 26 heavy (non-hydrogen) atoms. The van der Waals surface area contributed by atoms with Crippen LogP contribution < -0.4 is 5.32 Å². The van der Waals surface area contributed by atoms with Crippen LogP contribution in [-0.4, -0.2) is 52.1 Å². The first-order chi connectivity index (χ1) is 12.6. The zero-order valence-electron chi connectivity index (χ0n) is 14.9. The predicted octanol–water partition coefficient (Wildman–Crippen LogP) is 2.19. The standard InChI is InChI=1S/C19H24N4O2S/c1-12-17(22-11-21-12)18(24)20-6-14-15-8-23(7-13-3-5-26-9-13)10-19(15)4-2-16(14)25-19/h3,5,9,11,14-16H,2,4,6-8,10H2,1H3,(H,20,24)(H,21,22)/t14-,15+,16+,19+/m0/s1. The van der Waals surface area contributed by atoms with Crippen molar-refractivity contribution in [2.24, 2.45) is 11.8 Å². The fraction of sp³-hybridized carbons (Fsp3) is 0.579. The van der Waals surface area contributed by atoms with Crippen molar-refractivity contribution < 1.29 is 9.53 Å². The van der Waals surface area contributed by atoms with Crippen LogP contribution in [0.1, 0.15) is 34.6 Å². The Bertz CT molecular complexity index is 804. The molecule has 2 N–H and O–H groups in total. The quantitative estimate of drug-likeness (QED) is 0.844. The van der Waals surface area contributed by atoms with Gasteiger partial charge in [0.15, 0.2) is 0 Å². The number of nitrogens with zero attached hydrogens (tertiary/aromatic N) is 2. The summed E-state index contributed by atoms with van der Waals surface area (Å²) in [5.74, 6) is 0.827. The molecule has 1 amide bonds. The number of aromatic nitrogens is 2. The molecule has 5 heterocycles. The molecule has 1 spiro atoms. The zero-order valence-corrected chi connectivity index (χ0v) is 15.7. The van der Waals surface area contributed by atoms with Gasteiger partial charge in [-0.05, 0) is 42.2 Å². The van der Waals surface area contributed by atoms with Gasteiger partial charge in [0.25, 0.3) is 5.91 Å². The summed E-state index contributed by atoms with van der Waals surface area (Å²) in [6.07, 6.45) is 4.14. The van der Waals surface area contributed by atoms with Gasteiger partial charge in [-0.2, -0.15) is 11.3 Å². The summed E-state index contributed by atoms with van der Waals surface area (Å²) in [6, 6.07) is 2.21. The number of fused-ring (bicyclic) bond motifs is 1. The van der Waals surface area contributed by atoms with Gasteiger partial charge in [-0.1, -0.05) is 0 Å². The van der Waals surface area contributed by atoms with Gasteiger partial charge in [-0.15, -0.1) is 0 Å². The molecular weight excluding hydrogens is 348 g/mol. The van der Waals surface area contributed by atoms with Gasteiger partial charge in [0.2, 0.25) is 0 Å². The summed E-state index contributed by atoms with van der Waals surface area (Å²) >= 11 is 1.76. The van der Waals surface area contributed by atoms with E-state index in [-0.39, 0.29) is 11.5 Å². The molecule has 0 aromatic carbocycles. The van der Waals surface area contributed by atoms with Crippen molar-refractivity contribution in [1.29, 1.82) is 0 Å². The van der Waals surface area contributed by atoms with E-state index in [1.165, 1.54) is 5.56 Å². The van der Waals surface area contributed by atoms with Crippen LogP contribution in [0.2, 0.25) is 0 Å². The Morgan fingerprint density at radius 2 is 2.50 bits per heavy atom. The number of nitrogens with one attached hydrogen (secondary N) is 2.